The number of carbonyl (C=O) groups excluding carboxylic acids is 1. The Morgan fingerprint density at radius 2 is 1.96 bits per heavy atom. The molecule has 1 N–H and O–H groups in total. The quantitative estimate of drug-likeness (QED) is 0.635. The van der Waals surface area contributed by atoms with Crippen LogP contribution in [0, 0.1) is 6.92 Å². The molecule has 0 saturated carbocycles. The van der Waals surface area contributed by atoms with Crippen LogP contribution < -0.4 is 5.32 Å². The molecular formula is C20H20ClNO. The third-order valence-corrected chi connectivity index (χ3v) is 4.38. The van der Waals surface area contributed by atoms with Gasteiger partial charge in [-0.1, -0.05) is 41.9 Å². The molecule has 0 bridgehead atoms. The van der Waals surface area contributed by atoms with E-state index in [4.69, 9.17) is 11.6 Å². The van der Waals surface area contributed by atoms with Gasteiger partial charge in [-0.2, -0.15) is 0 Å². The molecule has 2 aromatic rings. The molecule has 3 rings (SSSR count). The first kappa shape index (κ1) is 15.8. The molecule has 23 heavy (non-hydrogen) atoms. The zero-order valence-electron chi connectivity index (χ0n) is 13.6. The van der Waals surface area contributed by atoms with Crippen molar-refractivity contribution in [2.45, 2.75) is 32.7 Å². The molecule has 1 aliphatic rings. The molecule has 0 amide bonds. The van der Waals surface area contributed by atoms with E-state index >= 15 is 0 Å². The number of allylic oxidation sites excluding steroid dienone is 1. The summed E-state index contributed by atoms with van der Waals surface area (Å²) < 4.78 is 0. The van der Waals surface area contributed by atoms with Gasteiger partial charge in [-0.05, 0) is 50.5 Å². The van der Waals surface area contributed by atoms with Crippen molar-refractivity contribution in [3.63, 3.8) is 0 Å². The normalized spacial score (nSPS) is 17.5. The van der Waals surface area contributed by atoms with Gasteiger partial charge >= 0.3 is 0 Å². The monoisotopic (exact) mass is 325 g/mol. The van der Waals surface area contributed by atoms with Gasteiger partial charge in [0, 0.05) is 33.5 Å². The van der Waals surface area contributed by atoms with Crippen LogP contribution >= 0.6 is 11.6 Å². The summed E-state index contributed by atoms with van der Waals surface area (Å²) in [5, 5.41) is 4.21. The number of benzene rings is 2. The molecule has 1 heterocycles. The highest BCUT2D eigenvalue weighted by atomic mass is 35.5. The number of hydrogen-bond acceptors (Lipinski definition) is 2. The lowest BCUT2D eigenvalue weighted by atomic mass is 9.85. The molecule has 2 nitrogen and oxygen atoms in total. The topological polar surface area (TPSA) is 29.1 Å². The summed E-state index contributed by atoms with van der Waals surface area (Å²) >= 11 is 6.13. The van der Waals surface area contributed by atoms with E-state index < -0.39 is 0 Å². The number of fused-ring (bicyclic) bond motifs is 1. The van der Waals surface area contributed by atoms with Gasteiger partial charge in [-0.25, -0.2) is 0 Å². The molecule has 1 aliphatic heterocycles. The number of rotatable bonds is 2. The van der Waals surface area contributed by atoms with Gasteiger partial charge in [0.05, 0.1) is 0 Å². The molecule has 0 radical (unpaired) electrons. The Bertz CT molecular complexity index is 805. The van der Waals surface area contributed by atoms with Crippen molar-refractivity contribution in [1.29, 1.82) is 0 Å². The fourth-order valence-corrected chi connectivity index (χ4v) is 3.29. The second-order valence-electron chi connectivity index (χ2n) is 6.72. The maximum atomic E-state index is 12.7. The zero-order valence-corrected chi connectivity index (χ0v) is 14.4. The Balaban J connectivity index is 2.05. The molecule has 0 aromatic heterocycles. The summed E-state index contributed by atoms with van der Waals surface area (Å²) in [6, 6.07) is 13.5. The second-order valence-corrected chi connectivity index (χ2v) is 7.16. The Labute approximate surface area is 142 Å². The molecule has 118 valence electrons. The molecule has 3 heteroatoms. The number of hydrogen-bond donors (Lipinski definition) is 1. The predicted octanol–water partition coefficient (Wildman–Crippen LogP) is 4.80. The SMILES string of the molecule is Cc1ccccc1C(=O)/C=C1\NC(C)(C)Cc2cc(Cl)ccc21. The van der Waals surface area contributed by atoms with Gasteiger partial charge in [0.2, 0.25) is 0 Å². The lowest BCUT2D eigenvalue weighted by molar-refractivity contribution is 0.104. The highest BCUT2D eigenvalue weighted by molar-refractivity contribution is 6.30. The van der Waals surface area contributed by atoms with E-state index in [9.17, 15) is 4.79 Å². The smallest absolute Gasteiger partial charge is 0.188 e. The van der Waals surface area contributed by atoms with Crippen LogP contribution in [0.2, 0.25) is 5.02 Å². The highest BCUT2D eigenvalue weighted by Crippen LogP contribution is 2.31. The van der Waals surface area contributed by atoms with Crippen molar-refractivity contribution < 1.29 is 4.79 Å². The molecule has 0 saturated heterocycles. The van der Waals surface area contributed by atoms with Crippen molar-refractivity contribution in [2.75, 3.05) is 0 Å². The summed E-state index contributed by atoms with van der Waals surface area (Å²) in [4.78, 5) is 12.7. The third-order valence-electron chi connectivity index (χ3n) is 4.15. The van der Waals surface area contributed by atoms with E-state index in [1.54, 1.807) is 6.08 Å². The van der Waals surface area contributed by atoms with Crippen molar-refractivity contribution in [1.82, 2.24) is 5.32 Å². The summed E-state index contributed by atoms with van der Waals surface area (Å²) in [5.41, 5.74) is 4.69. The van der Waals surface area contributed by atoms with Crippen molar-refractivity contribution in [3.05, 3.63) is 75.8 Å². The molecule has 0 atom stereocenters. The second kappa shape index (κ2) is 5.86. The summed E-state index contributed by atoms with van der Waals surface area (Å²) in [6.07, 6.45) is 2.58. The first-order valence-corrected chi connectivity index (χ1v) is 8.12. The van der Waals surface area contributed by atoms with E-state index in [-0.39, 0.29) is 11.3 Å². The van der Waals surface area contributed by atoms with Crippen LogP contribution in [0.15, 0.2) is 48.5 Å². The molecule has 0 spiro atoms. The Kier molecular flexibility index (Phi) is 4.03. The van der Waals surface area contributed by atoms with E-state index in [1.165, 1.54) is 5.56 Å². The largest absolute Gasteiger partial charge is 0.379 e. The van der Waals surface area contributed by atoms with Crippen LogP contribution in [-0.4, -0.2) is 11.3 Å². The zero-order chi connectivity index (χ0) is 16.6. The standard InChI is InChI=1S/C20H20ClNO/c1-13-6-4-5-7-16(13)19(23)11-18-17-9-8-15(21)10-14(17)12-20(2,3)22-18/h4-11,22H,12H2,1-3H3/b18-11-. The lowest BCUT2D eigenvalue weighted by Gasteiger charge is -2.35. The summed E-state index contributed by atoms with van der Waals surface area (Å²) in [7, 11) is 0. The van der Waals surface area contributed by atoms with Gasteiger partial charge in [-0.15, -0.1) is 0 Å². The van der Waals surface area contributed by atoms with E-state index in [0.29, 0.717) is 0 Å². The number of nitrogens with one attached hydrogen (secondary N) is 1. The highest BCUT2D eigenvalue weighted by Gasteiger charge is 2.28. The summed E-state index contributed by atoms with van der Waals surface area (Å²) in [6.45, 7) is 6.21. The maximum absolute atomic E-state index is 12.7. The van der Waals surface area contributed by atoms with Crippen LogP contribution in [0.4, 0.5) is 0 Å². The minimum absolute atomic E-state index is 0.0178. The minimum atomic E-state index is -0.116. The average Bonchev–Trinajstić information content (AvgIpc) is 2.45. The van der Waals surface area contributed by atoms with Crippen LogP contribution in [0.1, 0.15) is 40.9 Å². The van der Waals surface area contributed by atoms with Gasteiger partial charge in [0.25, 0.3) is 0 Å². The first-order valence-electron chi connectivity index (χ1n) is 7.74. The number of carbonyl (C=O) groups is 1. The first-order chi connectivity index (χ1) is 10.9. The van der Waals surface area contributed by atoms with Gasteiger partial charge in [-0.3, -0.25) is 4.79 Å². The molecule has 0 unspecified atom stereocenters. The molecular weight excluding hydrogens is 306 g/mol. The average molecular weight is 326 g/mol. The molecule has 0 aliphatic carbocycles. The van der Waals surface area contributed by atoms with Gasteiger partial charge in [0.15, 0.2) is 5.78 Å². The molecule has 2 aromatic carbocycles. The van der Waals surface area contributed by atoms with Crippen LogP contribution in [0.25, 0.3) is 5.70 Å². The lowest BCUT2D eigenvalue weighted by Crippen LogP contribution is -2.43. The fourth-order valence-electron chi connectivity index (χ4n) is 3.10. The van der Waals surface area contributed by atoms with E-state index in [1.807, 2.05) is 49.4 Å². The van der Waals surface area contributed by atoms with Crippen molar-refractivity contribution in [2.24, 2.45) is 0 Å². The van der Waals surface area contributed by atoms with Gasteiger partial charge in [0.1, 0.15) is 0 Å². The van der Waals surface area contributed by atoms with Crippen LogP contribution in [0.3, 0.4) is 0 Å². The molecule has 0 fully saturated rings. The third kappa shape index (κ3) is 3.32. The van der Waals surface area contributed by atoms with E-state index in [0.717, 1.165) is 33.8 Å². The van der Waals surface area contributed by atoms with Gasteiger partial charge < -0.3 is 5.32 Å². The summed E-state index contributed by atoms with van der Waals surface area (Å²) in [5.74, 6) is 0.0178. The number of halogens is 1. The predicted molar refractivity (Wildman–Crippen MR) is 95.9 cm³/mol. The fraction of sp³-hybridized carbons (Fsp3) is 0.250. The number of aryl methyl sites for hydroxylation is 1. The Morgan fingerprint density at radius 1 is 1.22 bits per heavy atom. The Hall–Kier alpha value is -2.06. The van der Waals surface area contributed by atoms with E-state index in [2.05, 4.69) is 19.2 Å². The van der Waals surface area contributed by atoms with Crippen molar-refractivity contribution >= 4 is 23.1 Å². The number of ketones is 1. The Morgan fingerprint density at radius 3 is 2.70 bits per heavy atom. The van der Waals surface area contributed by atoms with Crippen LogP contribution in [-0.2, 0) is 6.42 Å². The van der Waals surface area contributed by atoms with Crippen molar-refractivity contribution in [3.8, 4) is 0 Å². The van der Waals surface area contributed by atoms with Crippen LogP contribution in [0.5, 0.6) is 0 Å². The maximum Gasteiger partial charge on any atom is 0.188 e. The minimum Gasteiger partial charge on any atom is -0.379 e.